The molecule has 0 spiro atoms. The molecule has 27 heavy (non-hydrogen) atoms. The van der Waals surface area contributed by atoms with E-state index in [1.807, 2.05) is 23.1 Å². The Hall–Kier alpha value is -2.93. The summed E-state index contributed by atoms with van der Waals surface area (Å²) in [7, 11) is 0. The van der Waals surface area contributed by atoms with Gasteiger partial charge < -0.3 is 15.4 Å². The van der Waals surface area contributed by atoms with Gasteiger partial charge in [0.1, 0.15) is 10.8 Å². The molecule has 2 N–H and O–H groups in total. The first-order valence-corrected chi connectivity index (χ1v) is 9.61. The molecule has 138 valence electrons. The van der Waals surface area contributed by atoms with Gasteiger partial charge in [0.05, 0.1) is 16.3 Å². The zero-order chi connectivity index (χ0) is 18.8. The standard InChI is InChI=1S/C20H19N3O3S/c21-18(24)12-26-14-9-7-13(8-10-14)20(25)23-11-3-5-16(23)19-22-15-4-1-2-6-17(15)27-19/h1-2,4,6-10,16H,3,5,11-12H2,(H2,21,24). The molecule has 0 bridgehead atoms. The first-order chi connectivity index (χ1) is 13.1. The quantitative estimate of drug-likeness (QED) is 0.736. The third-order valence-corrected chi connectivity index (χ3v) is 5.73. The number of carbonyl (C=O) groups excluding carboxylic acids is 2. The van der Waals surface area contributed by atoms with Gasteiger partial charge in [-0.2, -0.15) is 0 Å². The zero-order valence-corrected chi connectivity index (χ0v) is 15.4. The molecule has 1 saturated heterocycles. The molecule has 4 rings (SSSR count). The number of thiazole rings is 1. The molecule has 2 amide bonds. The lowest BCUT2D eigenvalue weighted by Crippen LogP contribution is -2.30. The van der Waals surface area contributed by atoms with E-state index in [0.29, 0.717) is 11.3 Å². The predicted octanol–water partition coefficient (Wildman–Crippen LogP) is 3.14. The number of benzene rings is 2. The van der Waals surface area contributed by atoms with Crippen molar-refractivity contribution in [2.24, 2.45) is 5.73 Å². The van der Waals surface area contributed by atoms with E-state index in [1.165, 1.54) is 0 Å². The molecule has 1 fully saturated rings. The van der Waals surface area contributed by atoms with Crippen LogP contribution < -0.4 is 10.5 Å². The van der Waals surface area contributed by atoms with Gasteiger partial charge in [0, 0.05) is 12.1 Å². The molecule has 0 aliphatic carbocycles. The fourth-order valence-electron chi connectivity index (χ4n) is 3.31. The van der Waals surface area contributed by atoms with Gasteiger partial charge in [-0.3, -0.25) is 9.59 Å². The summed E-state index contributed by atoms with van der Waals surface area (Å²) in [5.74, 6) is -0.0430. The van der Waals surface area contributed by atoms with Gasteiger partial charge in [-0.05, 0) is 49.2 Å². The third kappa shape index (κ3) is 3.64. The molecule has 2 heterocycles. The molecular weight excluding hydrogens is 362 g/mol. The van der Waals surface area contributed by atoms with Gasteiger partial charge in [0.25, 0.3) is 11.8 Å². The topological polar surface area (TPSA) is 85.5 Å². The second-order valence-electron chi connectivity index (χ2n) is 6.46. The maximum absolute atomic E-state index is 13.0. The van der Waals surface area contributed by atoms with Crippen molar-refractivity contribution in [2.45, 2.75) is 18.9 Å². The van der Waals surface area contributed by atoms with E-state index in [4.69, 9.17) is 15.5 Å². The highest BCUT2D eigenvalue weighted by molar-refractivity contribution is 7.18. The second kappa shape index (κ2) is 7.36. The summed E-state index contributed by atoms with van der Waals surface area (Å²) in [4.78, 5) is 30.4. The maximum Gasteiger partial charge on any atom is 0.255 e. The van der Waals surface area contributed by atoms with E-state index in [-0.39, 0.29) is 18.6 Å². The smallest absolute Gasteiger partial charge is 0.255 e. The number of hydrogen-bond donors (Lipinski definition) is 1. The minimum atomic E-state index is -0.536. The highest BCUT2D eigenvalue weighted by Gasteiger charge is 2.32. The largest absolute Gasteiger partial charge is 0.484 e. The normalized spacial score (nSPS) is 16.6. The summed E-state index contributed by atoms with van der Waals surface area (Å²) >= 11 is 1.65. The molecule has 1 unspecified atom stereocenters. The van der Waals surface area contributed by atoms with E-state index in [2.05, 4.69) is 6.07 Å². The monoisotopic (exact) mass is 381 g/mol. The molecule has 1 aliphatic rings. The summed E-state index contributed by atoms with van der Waals surface area (Å²) in [5, 5.41) is 0.989. The number of ether oxygens (including phenoxy) is 1. The number of nitrogens with two attached hydrogens (primary N) is 1. The van der Waals surface area contributed by atoms with Crippen molar-refractivity contribution < 1.29 is 14.3 Å². The van der Waals surface area contributed by atoms with E-state index < -0.39 is 5.91 Å². The van der Waals surface area contributed by atoms with Crippen LogP contribution in [0.25, 0.3) is 10.2 Å². The third-order valence-electron chi connectivity index (χ3n) is 4.59. The Morgan fingerprint density at radius 3 is 2.70 bits per heavy atom. The van der Waals surface area contributed by atoms with Gasteiger partial charge in [-0.25, -0.2) is 4.98 Å². The van der Waals surface area contributed by atoms with Gasteiger partial charge >= 0.3 is 0 Å². The van der Waals surface area contributed by atoms with Gasteiger partial charge in [0.15, 0.2) is 6.61 Å². The lowest BCUT2D eigenvalue weighted by atomic mass is 10.1. The number of para-hydroxylation sites is 1. The van der Waals surface area contributed by atoms with Crippen molar-refractivity contribution in [3.05, 3.63) is 59.1 Å². The van der Waals surface area contributed by atoms with E-state index in [9.17, 15) is 9.59 Å². The predicted molar refractivity (Wildman–Crippen MR) is 104 cm³/mol. The van der Waals surface area contributed by atoms with Crippen LogP contribution in [0.15, 0.2) is 48.5 Å². The lowest BCUT2D eigenvalue weighted by molar-refractivity contribution is -0.119. The van der Waals surface area contributed by atoms with Crippen LogP contribution in [0.5, 0.6) is 5.75 Å². The number of rotatable bonds is 5. The van der Waals surface area contributed by atoms with Crippen LogP contribution in [0.4, 0.5) is 0 Å². The van der Waals surface area contributed by atoms with Crippen molar-refractivity contribution in [2.75, 3.05) is 13.2 Å². The zero-order valence-electron chi connectivity index (χ0n) is 14.6. The first kappa shape index (κ1) is 17.5. The average molecular weight is 381 g/mol. The molecule has 0 radical (unpaired) electrons. The van der Waals surface area contributed by atoms with Crippen molar-refractivity contribution >= 4 is 33.4 Å². The minimum absolute atomic E-state index is 0.0145. The number of amides is 2. The van der Waals surface area contributed by atoms with Gasteiger partial charge in [-0.15, -0.1) is 11.3 Å². The average Bonchev–Trinajstić information content (AvgIpc) is 3.32. The van der Waals surface area contributed by atoms with Crippen LogP contribution >= 0.6 is 11.3 Å². The van der Waals surface area contributed by atoms with E-state index >= 15 is 0 Å². The minimum Gasteiger partial charge on any atom is -0.484 e. The fourth-order valence-corrected chi connectivity index (χ4v) is 4.43. The number of nitrogens with zero attached hydrogens (tertiary/aromatic N) is 2. The molecule has 2 aromatic carbocycles. The van der Waals surface area contributed by atoms with Crippen molar-refractivity contribution in [3.63, 3.8) is 0 Å². The number of likely N-dealkylation sites (tertiary alicyclic amines) is 1. The number of carbonyl (C=O) groups is 2. The molecule has 1 aliphatic heterocycles. The Morgan fingerprint density at radius 1 is 1.19 bits per heavy atom. The SMILES string of the molecule is NC(=O)COc1ccc(C(=O)N2CCCC2c2nc3ccccc3s2)cc1. The molecule has 6 nitrogen and oxygen atoms in total. The van der Waals surface area contributed by atoms with Gasteiger partial charge in [-0.1, -0.05) is 12.1 Å². The molecule has 3 aromatic rings. The molecule has 1 aromatic heterocycles. The Kier molecular flexibility index (Phi) is 4.77. The molecule has 0 saturated carbocycles. The fraction of sp³-hybridized carbons (Fsp3) is 0.250. The van der Waals surface area contributed by atoms with Crippen molar-refractivity contribution in [3.8, 4) is 5.75 Å². The molecule has 1 atom stereocenters. The number of primary amides is 1. The second-order valence-corrected chi connectivity index (χ2v) is 7.52. The van der Waals surface area contributed by atoms with Crippen LogP contribution in [-0.2, 0) is 4.79 Å². The number of fused-ring (bicyclic) bond motifs is 1. The Morgan fingerprint density at radius 2 is 1.96 bits per heavy atom. The molecular formula is C20H19N3O3S. The highest BCUT2D eigenvalue weighted by Crippen LogP contribution is 2.37. The van der Waals surface area contributed by atoms with Crippen LogP contribution in [0.1, 0.15) is 34.2 Å². The van der Waals surface area contributed by atoms with Crippen LogP contribution in [0, 0.1) is 0 Å². The highest BCUT2D eigenvalue weighted by atomic mass is 32.1. The summed E-state index contributed by atoms with van der Waals surface area (Å²) in [6.45, 7) is 0.540. The van der Waals surface area contributed by atoms with Crippen molar-refractivity contribution in [1.82, 2.24) is 9.88 Å². The Balaban J connectivity index is 1.52. The van der Waals surface area contributed by atoms with Crippen molar-refractivity contribution in [1.29, 1.82) is 0 Å². The first-order valence-electron chi connectivity index (χ1n) is 8.79. The summed E-state index contributed by atoms with van der Waals surface area (Å²) < 4.78 is 6.39. The summed E-state index contributed by atoms with van der Waals surface area (Å²) in [6, 6.07) is 14.8. The Bertz CT molecular complexity index is 951. The lowest BCUT2D eigenvalue weighted by Gasteiger charge is -2.23. The summed E-state index contributed by atoms with van der Waals surface area (Å²) in [5.41, 5.74) is 6.64. The van der Waals surface area contributed by atoms with Crippen LogP contribution in [-0.4, -0.2) is 34.8 Å². The number of aromatic nitrogens is 1. The van der Waals surface area contributed by atoms with E-state index in [0.717, 1.165) is 34.6 Å². The Labute approximate surface area is 160 Å². The molecule has 7 heteroatoms. The maximum atomic E-state index is 13.0. The van der Waals surface area contributed by atoms with Crippen LogP contribution in [0.3, 0.4) is 0 Å². The van der Waals surface area contributed by atoms with E-state index in [1.54, 1.807) is 35.6 Å². The number of hydrogen-bond acceptors (Lipinski definition) is 5. The van der Waals surface area contributed by atoms with Gasteiger partial charge in [0.2, 0.25) is 0 Å². The summed E-state index contributed by atoms with van der Waals surface area (Å²) in [6.07, 6.45) is 1.89. The van der Waals surface area contributed by atoms with Crippen LogP contribution in [0.2, 0.25) is 0 Å².